The summed E-state index contributed by atoms with van der Waals surface area (Å²) in [6.07, 6.45) is -0.0379. The van der Waals surface area contributed by atoms with Gasteiger partial charge in [-0.25, -0.2) is 9.98 Å². The van der Waals surface area contributed by atoms with Crippen molar-refractivity contribution in [1.82, 2.24) is 9.88 Å². The molecular weight excluding hydrogens is 415 g/mol. The van der Waals surface area contributed by atoms with Gasteiger partial charge in [0.2, 0.25) is 5.91 Å². The molecule has 25 heavy (non-hydrogen) atoms. The Balaban J connectivity index is 2.10. The smallest absolute Gasteiger partial charge is 0.257 e. The predicted octanol–water partition coefficient (Wildman–Crippen LogP) is 3.16. The summed E-state index contributed by atoms with van der Waals surface area (Å²) in [6, 6.07) is 6.66. The van der Waals surface area contributed by atoms with Crippen molar-refractivity contribution in [3.05, 3.63) is 51.0 Å². The molecule has 2 aliphatic rings. The summed E-state index contributed by atoms with van der Waals surface area (Å²) >= 11 is 9.36. The van der Waals surface area contributed by atoms with Crippen LogP contribution >= 0.6 is 27.5 Å². The van der Waals surface area contributed by atoms with Gasteiger partial charge in [-0.15, -0.1) is 0 Å². The summed E-state index contributed by atoms with van der Waals surface area (Å²) in [6.45, 7) is 0. The molecule has 2 N–H and O–H groups in total. The Kier molecular flexibility index (Phi) is 3.52. The zero-order valence-electron chi connectivity index (χ0n) is 12.9. The number of aromatic nitrogens is 1. The zero-order chi connectivity index (χ0) is 17.9. The lowest BCUT2D eigenvalue weighted by molar-refractivity contribution is -0.128. The van der Waals surface area contributed by atoms with Gasteiger partial charge in [0.25, 0.3) is 5.95 Å². The number of fused-ring (bicyclic) bond motifs is 4. The zero-order valence-corrected chi connectivity index (χ0v) is 15.2. The number of amides is 1. The molecule has 6 nitrogen and oxygen atoms in total. The number of aliphatic imine (C=N–C) groups is 1. The average molecular weight is 426 g/mol. The highest BCUT2D eigenvalue weighted by Gasteiger charge is 2.49. The fourth-order valence-corrected chi connectivity index (χ4v) is 3.68. The minimum Gasteiger partial charge on any atom is -0.452 e. The van der Waals surface area contributed by atoms with Crippen molar-refractivity contribution in [2.75, 3.05) is 7.05 Å². The van der Waals surface area contributed by atoms with Crippen molar-refractivity contribution in [3.63, 3.8) is 0 Å². The molecule has 3 heterocycles. The number of rotatable bonds is 0. The Labute approximate surface area is 155 Å². The summed E-state index contributed by atoms with van der Waals surface area (Å²) < 4.78 is 20.9. The van der Waals surface area contributed by atoms with E-state index in [-0.39, 0.29) is 29.2 Å². The number of guanidine groups is 1. The molecule has 1 spiro atoms. The van der Waals surface area contributed by atoms with E-state index >= 15 is 0 Å². The van der Waals surface area contributed by atoms with E-state index in [1.165, 1.54) is 18.0 Å². The molecule has 0 radical (unpaired) electrons. The lowest BCUT2D eigenvalue weighted by Crippen LogP contribution is -2.49. The minimum absolute atomic E-state index is 0.0309. The first kappa shape index (κ1) is 16.3. The number of hydrogen-bond donors (Lipinski definition) is 1. The highest BCUT2D eigenvalue weighted by atomic mass is 79.9. The molecule has 2 aliphatic heterocycles. The molecule has 1 aromatic carbocycles. The molecule has 0 bridgehead atoms. The molecule has 1 aromatic heterocycles. The summed E-state index contributed by atoms with van der Waals surface area (Å²) in [7, 11) is 1.54. The fourth-order valence-electron chi connectivity index (χ4n) is 3.13. The minimum atomic E-state index is -1.23. The third-order valence-corrected chi connectivity index (χ3v) is 5.06. The second-order valence-corrected chi connectivity index (χ2v) is 7.12. The van der Waals surface area contributed by atoms with Crippen LogP contribution in [0.25, 0.3) is 0 Å². The van der Waals surface area contributed by atoms with Crippen LogP contribution in [0.4, 0.5) is 4.39 Å². The maximum absolute atomic E-state index is 14.4. The van der Waals surface area contributed by atoms with Gasteiger partial charge in [-0.3, -0.25) is 9.69 Å². The number of hydrogen-bond acceptors (Lipinski definition) is 5. The molecule has 4 rings (SSSR count). The van der Waals surface area contributed by atoms with Crippen LogP contribution in [0.1, 0.15) is 17.5 Å². The van der Waals surface area contributed by atoms with Crippen molar-refractivity contribution in [1.29, 1.82) is 0 Å². The number of carbonyl (C=O) groups excluding carboxylic acids is 1. The average Bonchev–Trinajstić information content (AvgIpc) is 2.55. The third kappa shape index (κ3) is 2.31. The fraction of sp³-hybridized carbons (Fsp3) is 0.188. The van der Waals surface area contributed by atoms with Crippen LogP contribution in [0.5, 0.6) is 11.5 Å². The topological polar surface area (TPSA) is 80.8 Å². The number of ether oxygens (including phenoxy) is 1. The molecule has 9 heteroatoms. The van der Waals surface area contributed by atoms with Crippen molar-refractivity contribution in [3.8, 4) is 11.5 Å². The standard InChI is InChI=1S/C16H11BrClFN4O2/c1-23-12(24)6-16(22-15(23)20)8-4-7(17)2-3-10(8)25-13-9(16)5-11(18)21-14(13)19/h2-5H,6H2,1H3,(H2,20,22). The highest BCUT2D eigenvalue weighted by Crippen LogP contribution is 2.53. The number of nitrogens with zero attached hydrogens (tertiary/aromatic N) is 3. The van der Waals surface area contributed by atoms with Gasteiger partial charge in [0.1, 0.15) is 16.4 Å². The van der Waals surface area contributed by atoms with Gasteiger partial charge in [0.05, 0.1) is 6.42 Å². The summed E-state index contributed by atoms with van der Waals surface area (Å²) in [5.74, 6) is -0.806. The number of halogens is 3. The lowest BCUT2D eigenvalue weighted by atomic mass is 9.77. The summed E-state index contributed by atoms with van der Waals surface area (Å²) in [4.78, 5) is 21.9. The van der Waals surface area contributed by atoms with Gasteiger partial charge in [-0.05, 0) is 24.3 Å². The summed E-state index contributed by atoms with van der Waals surface area (Å²) in [5.41, 5.74) is 5.65. The molecule has 0 saturated carbocycles. The highest BCUT2D eigenvalue weighted by molar-refractivity contribution is 9.10. The van der Waals surface area contributed by atoms with Crippen LogP contribution in [-0.2, 0) is 10.3 Å². The van der Waals surface area contributed by atoms with Crippen molar-refractivity contribution >= 4 is 39.4 Å². The van der Waals surface area contributed by atoms with E-state index in [1.807, 2.05) is 0 Å². The van der Waals surface area contributed by atoms with Crippen LogP contribution in [0.15, 0.2) is 33.7 Å². The van der Waals surface area contributed by atoms with Gasteiger partial charge in [-0.2, -0.15) is 4.39 Å². The van der Waals surface area contributed by atoms with Crippen LogP contribution in [0, 0.1) is 5.95 Å². The van der Waals surface area contributed by atoms with Crippen molar-refractivity contribution in [2.24, 2.45) is 10.7 Å². The van der Waals surface area contributed by atoms with Crippen LogP contribution in [-0.4, -0.2) is 28.8 Å². The van der Waals surface area contributed by atoms with E-state index in [0.717, 1.165) is 4.47 Å². The molecule has 2 aromatic rings. The van der Waals surface area contributed by atoms with Crippen molar-refractivity contribution in [2.45, 2.75) is 12.0 Å². The number of carbonyl (C=O) groups is 1. The molecule has 0 saturated heterocycles. The lowest BCUT2D eigenvalue weighted by Gasteiger charge is -2.40. The predicted molar refractivity (Wildman–Crippen MR) is 93.2 cm³/mol. The SMILES string of the molecule is CN1C(=O)CC2(N=C1N)c1cc(Br)ccc1Oc1c2cc(Cl)nc1F. The first-order chi connectivity index (χ1) is 11.8. The molecule has 0 fully saturated rings. The molecule has 1 unspecified atom stereocenters. The van der Waals surface area contributed by atoms with Gasteiger partial charge >= 0.3 is 0 Å². The van der Waals surface area contributed by atoms with Gasteiger partial charge in [0.15, 0.2) is 11.7 Å². The molecular formula is C16H11BrClFN4O2. The monoisotopic (exact) mass is 424 g/mol. The van der Waals surface area contributed by atoms with Crippen molar-refractivity contribution < 1.29 is 13.9 Å². The van der Waals surface area contributed by atoms with Gasteiger partial charge in [0, 0.05) is 22.6 Å². The first-order valence-corrected chi connectivity index (χ1v) is 8.45. The maximum atomic E-state index is 14.4. The van der Waals surface area contributed by atoms with Crippen LogP contribution in [0.3, 0.4) is 0 Å². The third-order valence-electron chi connectivity index (χ3n) is 4.38. The number of nitrogens with two attached hydrogens (primary N) is 1. The Morgan fingerprint density at radius 1 is 1.40 bits per heavy atom. The Bertz CT molecular complexity index is 967. The van der Waals surface area contributed by atoms with Crippen LogP contribution in [0.2, 0.25) is 5.15 Å². The molecule has 1 atom stereocenters. The molecule has 128 valence electrons. The number of benzene rings is 1. The number of pyridine rings is 1. The van der Waals surface area contributed by atoms with E-state index < -0.39 is 11.5 Å². The first-order valence-electron chi connectivity index (χ1n) is 7.28. The van der Waals surface area contributed by atoms with Gasteiger partial charge < -0.3 is 10.5 Å². The maximum Gasteiger partial charge on any atom is 0.257 e. The Morgan fingerprint density at radius 2 is 2.16 bits per heavy atom. The van der Waals surface area contributed by atoms with E-state index in [9.17, 15) is 9.18 Å². The van der Waals surface area contributed by atoms with E-state index in [4.69, 9.17) is 22.1 Å². The molecule has 1 amide bonds. The van der Waals surface area contributed by atoms with E-state index in [1.54, 1.807) is 18.2 Å². The Hall–Kier alpha value is -2.19. The van der Waals surface area contributed by atoms with Crippen LogP contribution < -0.4 is 10.5 Å². The van der Waals surface area contributed by atoms with Gasteiger partial charge in [-0.1, -0.05) is 27.5 Å². The molecule has 0 aliphatic carbocycles. The Morgan fingerprint density at radius 3 is 2.88 bits per heavy atom. The second-order valence-electron chi connectivity index (χ2n) is 5.81. The largest absolute Gasteiger partial charge is 0.452 e. The quantitative estimate of drug-likeness (QED) is 0.658. The summed E-state index contributed by atoms with van der Waals surface area (Å²) in [5, 5.41) is -0.0576. The normalized spacial score (nSPS) is 21.5. The second kappa shape index (κ2) is 5.40. The van der Waals surface area contributed by atoms with E-state index in [0.29, 0.717) is 16.9 Å². The van der Waals surface area contributed by atoms with E-state index in [2.05, 4.69) is 25.9 Å².